The fourth-order valence-electron chi connectivity index (χ4n) is 1.93. The lowest BCUT2D eigenvalue weighted by molar-refractivity contribution is -0.114. The van der Waals surface area contributed by atoms with Crippen LogP contribution < -0.4 is 5.32 Å². The minimum absolute atomic E-state index is 0.111. The summed E-state index contributed by atoms with van der Waals surface area (Å²) in [6.45, 7) is 0.111. The smallest absolute Gasteiger partial charge is 0.246 e. The Kier molecular flexibility index (Phi) is 2.64. The molecular weight excluding hydrogens is 250 g/mol. The van der Waals surface area contributed by atoms with Crippen LogP contribution in [0.3, 0.4) is 0 Å². The summed E-state index contributed by atoms with van der Waals surface area (Å²) in [6.07, 6.45) is 3.78. The van der Waals surface area contributed by atoms with Crippen molar-refractivity contribution < 1.29 is 4.79 Å². The molecule has 2 heterocycles. The lowest BCUT2D eigenvalue weighted by Gasteiger charge is -2.10. The number of hydrogen-bond acceptors (Lipinski definition) is 2. The van der Waals surface area contributed by atoms with E-state index < -0.39 is 0 Å². The second-order valence-corrected chi connectivity index (χ2v) is 4.40. The maximum absolute atomic E-state index is 11.6. The van der Waals surface area contributed by atoms with E-state index in [4.69, 9.17) is 11.6 Å². The fourth-order valence-corrected chi connectivity index (χ4v) is 2.10. The molecule has 0 bridgehead atoms. The maximum atomic E-state index is 11.6. The third kappa shape index (κ3) is 1.91. The lowest BCUT2D eigenvalue weighted by atomic mass is 10.1. The Morgan fingerprint density at radius 2 is 2.06 bits per heavy atom. The van der Waals surface area contributed by atoms with E-state index in [-0.39, 0.29) is 12.5 Å². The third-order valence-electron chi connectivity index (χ3n) is 2.72. The number of hydrogen-bond donors (Lipinski definition) is 1. The van der Waals surface area contributed by atoms with Gasteiger partial charge in [-0.1, -0.05) is 11.6 Å². The highest BCUT2D eigenvalue weighted by Crippen LogP contribution is 2.23. The Hall–Kier alpha value is -2.07. The van der Waals surface area contributed by atoms with Crippen LogP contribution in [0.25, 0.3) is 0 Å². The second kappa shape index (κ2) is 4.31. The van der Waals surface area contributed by atoms with E-state index in [0.717, 1.165) is 17.1 Å². The Morgan fingerprint density at radius 1 is 1.28 bits per heavy atom. The topological polar surface area (TPSA) is 46.4 Å². The minimum atomic E-state index is -0.124. The maximum Gasteiger partial charge on any atom is 0.246 e. The molecule has 0 fully saturated rings. The van der Waals surface area contributed by atoms with Crippen molar-refractivity contribution in [1.82, 2.24) is 4.57 Å². The summed E-state index contributed by atoms with van der Waals surface area (Å²) < 4.78 is 1.87. The fraction of sp³-hybridized carbons (Fsp3) is 0.0769. The highest BCUT2D eigenvalue weighted by atomic mass is 35.5. The first-order valence-electron chi connectivity index (χ1n) is 5.51. The molecule has 0 atom stereocenters. The molecule has 0 radical (unpaired) electrons. The zero-order valence-electron chi connectivity index (χ0n) is 9.43. The predicted octanol–water partition coefficient (Wildman–Crippen LogP) is 2.39. The Bertz CT molecular complexity index is 632. The first kappa shape index (κ1) is 11.0. The van der Waals surface area contributed by atoms with Crippen LogP contribution in [0.4, 0.5) is 5.69 Å². The van der Waals surface area contributed by atoms with Gasteiger partial charge in [-0.15, -0.1) is 0 Å². The van der Waals surface area contributed by atoms with Gasteiger partial charge < -0.3 is 9.88 Å². The SMILES string of the molecule is O=C1CN=C(n2cccc2)c2cc(Cl)ccc2N1. The number of fused-ring (bicyclic) bond motifs is 1. The summed E-state index contributed by atoms with van der Waals surface area (Å²) in [4.78, 5) is 15.9. The van der Waals surface area contributed by atoms with Gasteiger partial charge >= 0.3 is 0 Å². The average molecular weight is 260 g/mol. The highest BCUT2D eigenvalue weighted by molar-refractivity contribution is 6.31. The highest BCUT2D eigenvalue weighted by Gasteiger charge is 2.17. The molecule has 0 saturated heterocycles. The van der Waals surface area contributed by atoms with Crippen LogP contribution in [0.15, 0.2) is 47.7 Å². The number of amides is 1. The van der Waals surface area contributed by atoms with E-state index in [1.165, 1.54) is 0 Å². The second-order valence-electron chi connectivity index (χ2n) is 3.97. The zero-order valence-corrected chi connectivity index (χ0v) is 10.2. The number of benzene rings is 1. The van der Waals surface area contributed by atoms with Gasteiger partial charge in [0, 0.05) is 23.0 Å². The molecule has 5 heteroatoms. The molecule has 1 aliphatic rings. The van der Waals surface area contributed by atoms with Gasteiger partial charge in [-0.3, -0.25) is 9.79 Å². The summed E-state index contributed by atoms with van der Waals surface area (Å²) in [6, 6.07) is 9.17. The number of rotatable bonds is 0. The molecule has 1 aliphatic heterocycles. The molecule has 3 rings (SSSR count). The van der Waals surface area contributed by atoms with Crippen LogP contribution in [0.5, 0.6) is 0 Å². The first-order chi connectivity index (χ1) is 8.74. The number of carbonyl (C=O) groups is 1. The van der Waals surface area contributed by atoms with Gasteiger partial charge in [0.15, 0.2) is 0 Å². The van der Waals surface area contributed by atoms with E-state index in [1.54, 1.807) is 18.2 Å². The van der Waals surface area contributed by atoms with Crippen molar-refractivity contribution in [2.75, 3.05) is 11.9 Å². The number of benzodiazepines with no additional fused rings is 1. The van der Waals surface area contributed by atoms with Gasteiger partial charge in [0.2, 0.25) is 5.91 Å². The van der Waals surface area contributed by atoms with Gasteiger partial charge in [-0.05, 0) is 30.3 Å². The van der Waals surface area contributed by atoms with Crippen LogP contribution in [-0.2, 0) is 4.79 Å². The number of aliphatic imine (C=N–C) groups is 1. The van der Waals surface area contributed by atoms with Crippen molar-refractivity contribution in [1.29, 1.82) is 0 Å². The molecule has 0 unspecified atom stereocenters. The molecule has 0 spiro atoms. The molecule has 1 N–H and O–H groups in total. The van der Waals surface area contributed by atoms with E-state index in [9.17, 15) is 4.79 Å². The summed E-state index contributed by atoms with van der Waals surface area (Å²) >= 11 is 6.02. The number of halogens is 1. The summed E-state index contributed by atoms with van der Waals surface area (Å²) in [7, 11) is 0. The number of nitrogens with zero attached hydrogens (tertiary/aromatic N) is 2. The Balaban J connectivity index is 2.20. The van der Waals surface area contributed by atoms with Crippen molar-refractivity contribution >= 4 is 29.0 Å². The molecule has 18 heavy (non-hydrogen) atoms. The zero-order chi connectivity index (χ0) is 12.5. The van der Waals surface area contributed by atoms with Crippen LogP contribution in [0.1, 0.15) is 5.56 Å². The molecule has 1 aromatic carbocycles. The average Bonchev–Trinajstić information content (AvgIpc) is 2.81. The van der Waals surface area contributed by atoms with E-state index in [2.05, 4.69) is 10.3 Å². The van der Waals surface area contributed by atoms with Crippen molar-refractivity contribution in [2.24, 2.45) is 4.99 Å². The molecular formula is C13H10ClN3O. The quantitative estimate of drug-likeness (QED) is 0.776. The molecule has 0 saturated carbocycles. The number of nitrogens with one attached hydrogen (secondary N) is 1. The van der Waals surface area contributed by atoms with Gasteiger partial charge in [0.05, 0.1) is 5.69 Å². The van der Waals surface area contributed by atoms with Crippen LogP contribution >= 0.6 is 11.6 Å². The van der Waals surface area contributed by atoms with E-state index >= 15 is 0 Å². The largest absolute Gasteiger partial charge is 0.324 e. The standard InChI is InChI=1S/C13H10ClN3O/c14-9-3-4-11-10(7-9)13(15-8-12(18)16-11)17-5-1-2-6-17/h1-7H,8H2,(H,16,18). The van der Waals surface area contributed by atoms with Crippen LogP contribution in [0.2, 0.25) is 5.02 Å². The van der Waals surface area contributed by atoms with Crippen molar-refractivity contribution in [3.8, 4) is 0 Å². The van der Waals surface area contributed by atoms with E-state index in [1.807, 2.05) is 29.1 Å². The normalized spacial score (nSPS) is 14.5. The monoisotopic (exact) mass is 259 g/mol. The molecule has 2 aromatic rings. The molecule has 4 nitrogen and oxygen atoms in total. The number of anilines is 1. The third-order valence-corrected chi connectivity index (χ3v) is 2.95. The number of aromatic nitrogens is 1. The van der Waals surface area contributed by atoms with E-state index in [0.29, 0.717) is 5.02 Å². The van der Waals surface area contributed by atoms with Crippen molar-refractivity contribution in [2.45, 2.75) is 0 Å². The van der Waals surface area contributed by atoms with Gasteiger partial charge in [0.25, 0.3) is 0 Å². The Labute approximate surface area is 109 Å². The Morgan fingerprint density at radius 3 is 2.83 bits per heavy atom. The van der Waals surface area contributed by atoms with Gasteiger partial charge in [-0.25, -0.2) is 0 Å². The summed E-state index contributed by atoms with van der Waals surface area (Å²) in [5.41, 5.74) is 1.55. The first-order valence-corrected chi connectivity index (χ1v) is 5.89. The molecule has 1 aromatic heterocycles. The lowest BCUT2D eigenvalue weighted by Crippen LogP contribution is -2.13. The van der Waals surface area contributed by atoms with Gasteiger partial charge in [-0.2, -0.15) is 0 Å². The van der Waals surface area contributed by atoms with Gasteiger partial charge in [0.1, 0.15) is 12.4 Å². The molecule has 1 amide bonds. The van der Waals surface area contributed by atoms with Crippen molar-refractivity contribution in [3.63, 3.8) is 0 Å². The molecule has 0 aliphatic carbocycles. The van der Waals surface area contributed by atoms with Crippen LogP contribution in [-0.4, -0.2) is 22.9 Å². The molecule has 90 valence electrons. The van der Waals surface area contributed by atoms with Crippen LogP contribution in [0, 0.1) is 0 Å². The minimum Gasteiger partial charge on any atom is -0.324 e. The summed E-state index contributed by atoms with van der Waals surface area (Å²) in [5, 5.41) is 3.43. The summed E-state index contributed by atoms with van der Waals surface area (Å²) in [5.74, 6) is 0.594. The predicted molar refractivity (Wildman–Crippen MR) is 71.3 cm³/mol. The van der Waals surface area contributed by atoms with Crippen molar-refractivity contribution in [3.05, 3.63) is 53.3 Å². The number of carbonyl (C=O) groups excluding carboxylic acids is 1.